The van der Waals surface area contributed by atoms with E-state index < -0.39 is 5.92 Å². The molecule has 4 rings (SSSR count). The zero-order valence-electron chi connectivity index (χ0n) is 15.7. The van der Waals surface area contributed by atoms with Crippen molar-refractivity contribution >= 4 is 33.4 Å². The highest BCUT2D eigenvalue weighted by atomic mass is 79.9. The van der Waals surface area contributed by atoms with Crippen LogP contribution in [0.2, 0.25) is 0 Å². The summed E-state index contributed by atoms with van der Waals surface area (Å²) in [5, 5.41) is 3.11. The van der Waals surface area contributed by atoms with Crippen molar-refractivity contribution in [2.75, 3.05) is 11.4 Å². The second-order valence-corrected chi connectivity index (χ2v) is 7.82. The number of carbonyl (C=O) groups is 2. The Kier molecular flexibility index (Phi) is 5.71. The van der Waals surface area contributed by atoms with E-state index in [0.29, 0.717) is 6.54 Å². The van der Waals surface area contributed by atoms with Gasteiger partial charge < -0.3 is 10.2 Å². The SMILES string of the molecule is O=C(N[C@H](c1ccccc1)c1ccccn1)[C@@H]1CC(=O)N(c2ccccc2Br)C1. The zero-order valence-corrected chi connectivity index (χ0v) is 17.2. The van der Waals surface area contributed by atoms with E-state index in [2.05, 4.69) is 26.2 Å². The van der Waals surface area contributed by atoms with Crippen molar-refractivity contribution in [3.05, 3.63) is 94.7 Å². The molecule has 1 N–H and O–H groups in total. The summed E-state index contributed by atoms with van der Waals surface area (Å²) in [4.78, 5) is 31.8. The summed E-state index contributed by atoms with van der Waals surface area (Å²) in [6.07, 6.45) is 1.90. The summed E-state index contributed by atoms with van der Waals surface area (Å²) in [5.41, 5.74) is 2.50. The number of carbonyl (C=O) groups excluding carboxylic acids is 2. The van der Waals surface area contributed by atoms with Gasteiger partial charge in [0.15, 0.2) is 0 Å². The summed E-state index contributed by atoms with van der Waals surface area (Å²) in [7, 11) is 0. The number of hydrogen-bond donors (Lipinski definition) is 1. The maximum atomic E-state index is 13.1. The normalized spacial score (nSPS) is 17.2. The van der Waals surface area contributed by atoms with E-state index in [1.807, 2.05) is 72.8 Å². The topological polar surface area (TPSA) is 62.3 Å². The van der Waals surface area contributed by atoms with Gasteiger partial charge in [0.2, 0.25) is 11.8 Å². The molecule has 3 aromatic rings. The molecule has 1 fully saturated rings. The number of hydrogen-bond acceptors (Lipinski definition) is 3. The van der Waals surface area contributed by atoms with E-state index in [9.17, 15) is 9.59 Å². The van der Waals surface area contributed by atoms with E-state index >= 15 is 0 Å². The molecule has 2 aromatic carbocycles. The molecule has 0 bridgehead atoms. The fraction of sp³-hybridized carbons (Fsp3) is 0.174. The van der Waals surface area contributed by atoms with Gasteiger partial charge in [-0.3, -0.25) is 14.6 Å². The number of pyridine rings is 1. The minimum atomic E-state index is -0.412. The van der Waals surface area contributed by atoms with Crippen LogP contribution in [0.1, 0.15) is 23.7 Å². The summed E-state index contributed by atoms with van der Waals surface area (Å²) >= 11 is 3.49. The Morgan fingerprint density at radius 3 is 2.48 bits per heavy atom. The molecule has 2 heterocycles. The summed E-state index contributed by atoms with van der Waals surface area (Å²) in [6, 6.07) is 22.6. The van der Waals surface area contributed by atoms with Crippen molar-refractivity contribution in [3.63, 3.8) is 0 Å². The van der Waals surface area contributed by atoms with Crippen LogP contribution in [0.25, 0.3) is 0 Å². The molecule has 0 saturated carbocycles. The fourth-order valence-electron chi connectivity index (χ4n) is 3.57. The van der Waals surface area contributed by atoms with E-state index in [1.165, 1.54) is 0 Å². The quantitative estimate of drug-likeness (QED) is 0.637. The first-order chi connectivity index (χ1) is 14.1. The van der Waals surface area contributed by atoms with Crippen LogP contribution in [0.4, 0.5) is 5.69 Å². The summed E-state index contributed by atoms with van der Waals surface area (Å²) < 4.78 is 0.838. The van der Waals surface area contributed by atoms with Gasteiger partial charge >= 0.3 is 0 Å². The molecule has 5 nitrogen and oxygen atoms in total. The Bertz CT molecular complexity index is 971. The van der Waals surface area contributed by atoms with E-state index in [1.54, 1.807) is 11.1 Å². The Balaban J connectivity index is 1.54. The van der Waals surface area contributed by atoms with E-state index in [-0.39, 0.29) is 24.3 Å². The molecular formula is C23H20BrN3O2. The van der Waals surface area contributed by atoms with Crippen LogP contribution in [0.3, 0.4) is 0 Å². The highest BCUT2D eigenvalue weighted by Crippen LogP contribution is 2.32. The van der Waals surface area contributed by atoms with Crippen molar-refractivity contribution in [1.29, 1.82) is 0 Å². The molecule has 1 aromatic heterocycles. The number of nitrogens with zero attached hydrogens (tertiary/aromatic N) is 2. The number of aromatic nitrogens is 1. The number of amides is 2. The highest BCUT2D eigenvalue weighted by Gasteiger charge is 2.36. The monoisotopic (exact) mass is 449 g/mol. The van der Waals surface area contributed by atoms with Crippen LogP contribution >= 0.6 is 15.9 Å². The largest absolute Gasteiger partial charge is 0.343 e. The average Bonchev–Trinajstić information content (AvgIpc) is 3.15. The van der Waals surface area contributed by atoms with Crippen molar-refractivity contribution in [3.8, 4) is 0 Å². The molecule has 6 heteroatoms. The predicted molar refractivity (Wildman–Crippen MR) is 115 cm³/mol. The second kappa shape index (κ2) is 8.57. The molecule has 146 valence electrons. The zero-order chi connectivity index (χ0) is 20.2. The van der Waals surface area contributed by atoms with E-state index in [0.717, 1.165) is 21.4 Å². The molecule has 2 atom stereocenters. The molecule has 2 amide bonds. The third-order valence-corrected chi connectivity index (χ3v) is 5.71. The van der Waals surface area contributed by atoms with Crippen molar-refractivity contribution in [2.45, 2.75) is 12.5 Å². The van der Waals surface area contributed by atoms with Gasteiger partial charge in [0, 0.05) is 23.6 Å². The van der Waals surface area contributed by atoms with Gasteiger partial charge in [0.25, 0.3) is 0 Å². The Morgan fingerprint density at radius 2 is 1.76 bits per heavy atom. The maximum absolute atomic E-state index is 13.1. The number of anilines is 1. The van der Waals surface area contributed by atoms with Crippen LogP contribution in [-0.2, 0) is 9.59 Å². The van der Waals surface area contributed by atoms with E-state index in [4.69, 9.17) is 0 Å². The van der Waals surface area contributed by atoms with Crippen LogP contribution in [0.15, 0.2) is 83.5 Å². The van der Waals surface area contributed by atoms with Crippen molar-refractivity contribution in [2.24, 2.45) is 5.92 Å². The van der Waals surface area contributed by atoms with Crippen molar-refractivity contribution in [1.82, 2.24) is 10.3 Å². The molecule has 0 spiro atoms. The van der Waals surface area contributed by atoms with Crippen LogP contribution in [-0.4, -0.2) is 23.3 Å². The van der Waals surface area contributed by atoms with Crippen molar-refractivity contribution < 1.29 is 9.59 Å². The van der Waals surface area contributed by atoms with Crippen LogP contribution in [0.5, 0.6) is 0 Å². The first-order valence-corrected chi connectivity index (χ1v) is 10.2. The van der Waals surface area contributed by atoms with Gasteiger partial charge in [-0.05, 0) is 45.8 Å². The lowest BCUT2D eigenvalue weighted by Gasteiger charge is -2.21. The first kappa shape index (κ1) is 19.3. The Labute approximate surface area is 177 Å². The number of nitrogens with one attached hydrogen (secondary N) is 1. The predicted octanol–water partition coefficient (Wildman–Crippen LogP) is 4.10. The summed E-state index contributed by atoms with van der Waals surface area (Å²) in [6.45, 7) is 0.358. The molecule has 0 aliphatic carbocycles. The Morgan fingerprint density at radius 1 is 1.03 bits per heavy atom. The maximum Gasteiger partial charge on any atom is 0.227 e. The number of rotatable bonds is 5. The third kappa shape index (κ3) is 4.22. The number of halogens is 1. The molecule has 0 unspecified atom stereocenters. The lowest BCUT2D eigenvalue weighted by atomic mass is 10.0. The minimum Gasteiger partial charge on any atom is -0.343 e. The molecule has 29 heavy (non-hydrogen) atoms. The molecular weight excluding hydrogens is 430 g/mol. The van der Waals surface area contributed by atoms with Gasteiger partial charge in [0.1, 0.15) is 0 Å². The number of para-hydroxylation sites is 1. The van der Waals surface area contributed by atoms with Crippen LogP contribution in [0, 0.1) is 5.92 Å². The van der Waals surface area contributed by atoms with Gasteiger partial charge in [-0.2, -0.15) is 0 Å². The molecule has 1 aliphatic rings. The van der Waals surface area contributed by atoms with Gasteiger partial charge in [-0.15, -0.1) is 0 Å². The standard InChI is InChI=1S/C23H20BrN3O2/c24-18-10-4-5-12-20(18)27-15-17(14-21(27)28)23(29)26-22(16-8-2-1-3-9-16)19-11-6-7-13-25-19/h1-13,17,22H,14-15H2,(H,26,29)/t17-,22-/m1/s1. The molecule has 0 radical (unpaired) electrons. The third-order valence-electron chi connectivity index (χ3n) is 5.04. The second-order valence-electron chi connectivity index (χ2n) is 6.96. The first-order valence-electron chi connectivity index (χ1n) is 9.44. The highest BCUT2D eigenvalue weighted by molar-refractivity contribution is 9.10. The number of benzene rings is 2. The molecule has 1 aliphatic heterocycles. The smallest absolute Gasteiger partial charge is 0.227 e. The van der Waals surface area contributed by atoms with Gasteiger partial charge in [-0.1, -0.05) is 48.5 Å². The minimum absolute atomic E-state index is 0.0499. The van der Waals surface area contributed by atoms with Gasteiger partial charge in [-0.25, -0.2) is 0 Å². The average molecular weight is 450 g/mol. The summed E-state index contributed by atoms with van der Waals surface area (Å²) in [5.74, 6) is -0.608. The lowest BCUT2D eigenvalue weighted by Crippen LogP contribution is -2.36. The fourth-order valence-corrected chi connectivity index (χ4v) is 4.07. The Hall–Kier alpha value is -2.99. The molecule has 1 saturated heterocycles. The lowest BCUT2D eigenvalue weighted by molar-refractivity contribution is -0.126. The van der Waals surface area contributed by atoms with Gasteiger partial charge in [0.05, 0.1) is 23.3 Å². The van der Waals surface area contributed by atoms with Crippen LogP contribution < -0.4 is 10.2 Å².